The van der Waals surface area contributed by atoms with Gasteiger partial charge in [0.25, 0.3) is 0 Å². The predicted molar refractivity (Wildman–Crippen MR) is 113 cm³/mol. The smallest absolute Gasteiger partial charge is 0.150 e. The Morgan fingerprint density at radius 2 is 1.82 bits per heavy atom. The van der Waals surface area contributed by atoms with Crippen molar-refractivity contribution in [1.29, 1.82) is 0 Å². The predicted octanol–water partition coefficient (Wildman–Crippen LogP) is 5.56. The Bertz CT molecular complexity index is 1240. The van der Waals surface area contributed by atoms with Crippen LogP contribution < -0.4 is 0 Å². The zero-order chi connectivity index (χ0) is 19.4. The molecule has 0 fully saturated rings. The number of aliphatic imine (C=N–C) groups is 1. The quantitative estimate of drug-likeness (QED) is 0.435. The van der Waals surface area contributed by atoms with Crippen molar-refractivity contribution in [3.63, 3.8) is 0 Å². The minimum atomic E-state index is -0.191. The van der Waals surface area contributed by atoms with Crippen molar-refractivity contribution in [2.45, 2.75) is 18.9 Å². The molecule has 0 bridgehead atoms. The molecule has 0 spiro atoms. The Morgan fingerprint density at radius 1 is 1.00 bits per heavy atom. The Labute approximate surface area is 172 Å². The van der Waals surface area contributed by atoms with E-state index in [-0.39, 0.29) is 12.0 Å². The number of aromatic nitrogens is 4. The van der Waals surface area contributed by atoms with Crippen molar-refractivity contribution in [2.75, 3.05) is 0 Å². The molecule has 2 aromatic heterocycles. The fourth-order valence-corrected chi connectivity index (χ4v) is 4.48. The van der Waals surface area contributed by atoms with E-state index in [0.29, 0.717) is 10.0 Å². The molecule has 1 aliphatic heterocycles. The van der Waals surface area contributed by atoms with Gasteiger partial charge in [0.05, 0.1) is 39.2 Å². The van der Waals surface area contributed by atoms with Gasteiger partial charge in [0.1, 0.15) is 5.82 Å². The van der Waals surface area contributed by atoms with Gasteiger partial charge in [-0.15, -0.1) is 0 Å². The number of imidazole rings is 1. The lowest BCUT2D eigenvalue weighted by atomic mass is 9.87. The first kappa shape index (κ1) is 17.5. The highest BCUT2D eigenvalue weighted by Crippen LogP contribution is 2.44. The molecule has 0 amide bonds. The number of benzene rings is 2. The van der Waals surface area contributed by atoms with Crippen molar-refractivity contribution >= 4 is 45.8 Å². The lowest BCUT2D eigenvalue weighted by Gasteiger charge is -2.32. The summed E-state index contributed by atoms with van der Waals surface area (Å²) < 4.78 is 4.04. The van der Waals surface area contributed by atoms with Gasteiger partial charge in [0.15, 0.2) is 5.82 Å². The largest absolute Gasteiger partial charge is 0.330 e. The molecule has 5 nitrogen and oxygen atoms in total. The van der Waals surface area contributed by atoms with Crippen molar-refractivity contribution in [1.82, 2.24) is 19.3 Å². The monoisotopic (exact) mass is 409 g/mol. The topological polar surface area (TPSA) is 48.0 Å². The lowest BCUT2D eigenvalue weighted by Crippen LogP contribution is -2.30. The van der Waals surface area contributed by atoms with Crippen LogP contribution in [0.3, 0.4) is 0 Å². The van der Waals surface area contributed by atoms with Crippen LogP contribution >= 0.6 is 23.2 Å². The fourth-order valence-electron chi connectivity index (χ4n) is 4.06. The highest BCUT2D eigenvalue weighted by atomic mass is 35.5. The number of aryl methyl sites for hydroxylation is 1. The van der Waals surface area contributed by atoms with Crippen LogP contribution in [-0.2, 0) is 7.05 Å². The van der Waals surface area contributed by atoms with E-state index in [2.05, 4.69) is 15.7 Å². The van der Waals surface area contributed by atoms with E-state index in [1.54, 1.807) is 12.3 Å². The highest BCUT2D eigenvalue weighted by molar-refractivity contribution is 6.42. The van der Waals surface area contributed by atoms with Crippen LogP contribution in [0.5, 0.6) is 0 Å². The summed E-state index contributed by atoms with van der Waals surface area (Å²) in [5, 5.41) is 5.61. The summed E-state index contributed by atoms with van der Waals surface area (Å²) in [5.41, 5.74) is 3.90. The summed E-state index contributed by atoms with van der Waals surface area (Å²) in [5.74, 6) is 1.60. The van der Waals surface area contributed by atoms with Crippen LogP contribution in [0.25, 0.3) is 11.0 Å². The Morgan fingerprint density at radius 3 is 2.64 bits per heavy atom. The number of para-hydroxylation sites is 2. The summed E-state index contributed by atoms with van der Waals surface area (Å²) in [4.78, 5) is 9.73. The molecule has 2 atom stereocenters. The van der Waals surface area contributed by atoms with Gasteiger partial charge in [-0.3, -0.25) is 0 Å². The second kappa shape index (κ2) is 6.47. The molecule has 2 unspecified atom stereocenters. The fraction of sp³-hybridized carbons (Fsp3) is 0.190. The average molecular weight is 410 g/mol. The first-order valence-electron chi connectivity index (χ1n) is 9.00. The number of fused-ring (bicyclic) bond motifs is 2. The summed E-state index contributed by atoms with van der Waals surface area (Å²) >= 11 is 13.0. The van der Waals surface area contributed by atoms with Gasteiger partial charge in [-0.1, -0.05) is 47.5 Å². The zero-order valence-electron chi connectivity index (χ0n) is 15.3. The van der Waals surface area contributed by atoms with Crippen molar-refractivity contribution in [3.05, 3.63) is 76.2 Å². The third kappa shape index (κ3) is 2.50. The van der Waals surface area contributed by atoms with E-state index in [0.717, 1.165) is 34.0 Å². The first-order chi connectivity index (χ1) is 13.6. The molecule has 3 heterocycles. The Balaban J connectivity index is 1.79. The van der Waals surface area contributed by atoms with Crippen LogP contribution in [0, 0.1) is 0 Å². The molecule has 0 N–H and O–H groups in total. The van der Waals surface area contributed by atoms with Crippen LogP contribution in [0.4, 0.5) is 5.82 Å². The van der Waals surface area contributed by atoms with E-state index < -0.39 is 0 Å². The van der Waals surface area contributed by atoms with Gasteiger partial charge in [-0.05, 0) is 30.7 Å². The molecule has 7 heteroatoms. The standard InChI is InChI=1S/C21H17Cl2N5/c1-12-18(21-26-15-8-3-4-9-16(15)27(21)2)20(28-17(25-12)10-11-24-28)13-6-5-7-14(22)19(13)23/h3-11,18,20H,1-2H3. The molecular formula is C21H17Cl2N5. The van der Waals surface area contributed by atoms with Gasteiger partial charge in [-0.25, -0.2) is 14.7 Å². The summed E-state index contributed by atoms with van der Waals surface area (Å²) in [6.45, 7) is 2.03. The van der Waals surface area contributed by atoms with Gasteiger partial charge in [0, 0.05) is 18.8 Å². The van der Waals surface area contributed by atoms with E-state index in [1.165, 1.54) is 0 Å². The minimum absolute atomic E-state index is 0.124. The van der Waals surface area contributed by atoms with Gasteiger partial charge in [-0.2, -0.15) is 5.10 Å². The van der Waals surface area contributed by atoms with Crippen LogP contribution in [0.1, 0.15) is 30.3 Å². The molecule has 5 rings (SSSR count). The summed E-state index contributed by atoms with van der Waals surface area (Å²) in [6.07, 6.45) is 1.76. The maximum atomic E-state index is 6.64. The SMILES string of the molecule is CC1=Nc2ccnn2C(c2cccc(Cl)c2Cl)C1c1nc2ccccc2n1C. The molecule has 4 aromatic rings. The van der Waals surface area contributed by atoms with Gasteiger partial charge >= 0.3 is 0 Å². The normalized spacial score (nSPS) is 18.9. The molecule has 140 valence electrons. The Hall–Kier alpha value is -2.63. The maximum Gasteiger partial charge on any atom is 0.150 e. The average Bonchev–Trinajstić information content (AvgIpc) is 3.28. The summed E-state index contributed by atoms with van der Waals surface area (Å²) in [6, 6.07) is 15.5. The van der Waals surface area contributed by atoms with Crippen molar-refractivity contribution in [3.8, 4) is 0 Å². The highest BCUT2D eigenvalue weighted by Gasteiger charge is 2.38. The van der Waals surface area contributed by atoms with E-state index >= 15 is 0 Å². The molecule has 1 aliphatic rings. The number of hydrogen-bond acceptors (Lipinski definition) is 3. The van der Waals surface area contributed by atoms with Crippen LogP contribution in [0.2, 0.25) is 10.0 Å². The van der Waals surface area contributed by atoms with Gasteiger partial charge in [0.2, 0.25) is 0 Å². The molecule has 0 saturated carbocycles. The summed E-state index contributed by atoms with van der Waals surface area (Å²) in [7, 11) is 2.03. The maximum absolute atomic E-state index is 6.64. The molecule has 0 radical (unpaired) electrons. The minimum Gasteiger partial charge on any atom is -0.330 e. The second-order valence-corrected chi connectivity index (χ2v) is 7.76. The van der Waals surface area contributed by atoms with Crippen LogP contribution in [-0.4, -0.2) is 25.0 Å². The second-order valence-electron chi connectivity index (χ2n) is 6.97. The first-order valence-corrected chi connectivity index (χ1v) is 9.76. The van der Waals surface area contributed by atoms with Crippen LogP contribution in [0.15, 0.2) is 59.7 Å². The zero-order valence-corrected chi connectivity index (χ0v) is 16.9. The number of rotatable bonds is 2. The number of halogens is 2. The molecule has 2 aromatic carbocycles. The lowest BCUT2D eigenvalue weighted by molar-refractivity contribution is 0.470. The van der Waals surface area contributed by atoms with E-state index in [4.69, 9.17) is 33.2 Å². The molecule has 0 saturated heterocycles. The van der Waals surface area contributed by atoms with Crippen molar-refractivity contribution in [2.24, 2.45) is 12.0 Å². The van der Waals surface area contributed by atoms with Crippen molar-refractivity contribution < 1.29 is 0 Å². The Kier molecular flexibility index (Phi) is 4.03. The third-order valence-corrected chi connectivity index (χ3v) is 6.20. The third-order valence-electron chi connectivity index (χ3n) is 5.37. The van der Waals surface area contributed by atoms with E-state index in [1.807, 2.05) is 55.1 Å². The van der Waals surface area contributed by atoms with E-state index in [9.17, 15) is 0 Å². The molecule has 28 heavy (non-hydrogen) atoms. The van der Waals surface area contributed by atoms with Gasteiger partial charge < -0.3 is 4.57 Å². The number of nitrogens with zero attached hydrogens (tertiary/aromatic N) is 5. The molecule has 0 aliphatic carbocycles. The number of hydrogen-bond donors (Lipinski definition) is 0. The molecular weight excluding hydrogens is 393 g/mol.